The summed E-state index contributed by atoms with van der Waals surface area (Å²) < 4.78 is 5.90. The Hall–Kier alpha value is -2.57. The summed E-state index contributed by atoms with van der Waals surface area (Å²) in [6.07, 6.45) is 0.106. The first kappa shape index (κ1) is 17.3. The molecule has 0 radical (unpaired) electrons. The van der Waals surface area contributed by atoms with Crippen molar-refractivity contribution in [2.75, 3.05) is 18.4 Å². The molecule has 0 unspecified atom stereocenters. The molecule has 0 bridgehead atoms. The molecule has 2 amide bonds. The van der Waals surface area contributed by atoms with E-state index in [9.17, 15) is 9.90 Å². The number of aryl methyl sites for hydroxylation is 1. The smallest absolute Gasteiger partial charge is 0.319 e. The average Bonchev–Trinajstić information content (AvgIpc) is 2.59. The third kappa shape index (κ3) is 4.71. The van der Waals surface area contributed by atoms with Crippen molar-refractivity contribution in [3.05, 3.63) is 54.1 Å². The number of aliphatic hydroxyl groups is 1. The normalized spacial score (nSPS) is 19.9. The summed E-state index contributed by atoms with van der Waals surface area (Å²) in [6, 6.07) is 14.4. The van der Waals surface area contributed by atoms with Crippen molar-refractivity contribution < 1.29 is 14.6 Å². The number of hydrogen-bond donors (Lipinski definition) is 4. The zero-order valence-corrected chi connectivity index (χ0v) is 14.2. The summed E-state index contributed by atoms with van der Waals surface area (Å²) in [5.74, 6) is 1.28. The number of nitrogens with one attached hydrogen (secondary N) is 3. The van der Waals surface area contributed by atoms with Crippen LogP contribution in [0, 0.1) is 6.92 Å². The second kappa shape index (κ2) is 8.00. The van der Waals surface area contributed by atoms with E-state index in [2.05, 4.69) is 16.0 Å². The van der Waals surface area contributed by atoms with Gasteiger partial charge in [0.25, 0.3) is 0 Å². The largest absolute Gasteiger partial charge is 0.455 e. The van der Waals surface area contributed by atoms with Gasteiger partial charge in [-0.2, -0.15) is 0 Å². The third-order valence-corrected chi connectivity index (χ3v) is 4.12. The number of ether oxygens (including phenoxy) is 1. The highest BCUT2D eigenvalue weighted by molar-refractivity contribution is 5.91. The molecule has 1 fully saturated rings. The second-order valence-electron chi connectivity index (χ2n) is 6.18. The van der Waals surface area contributed by atoms with Gasteiger partial charge in [0, 0.05) is 6.54 Å². The number of benzene rings is 2. The number of carbonyl (C=O) groups is 1. The first-order valence-corrected chi connectivity index (χ1v) is 8.41. The highest BCUT2D eigenvalue weighted by Crippen LogP contribution is 2.29. The molecule has 2 aromatic rings. The summed E-state index contributed by atoms with van der Waals surface area (Å²) in [5.41, 5.74) is 1.67. The number of aliphatic hydroxyl groups excluding tert-OH is 1. The number of urea groups is 1. The number of rotatable bonds is 4. The molecule has 0 aromatic heterocycles. The molecule has 3 rings (SSSR count). The topological polar surface area (TPSA) is 82.6 Å². The van der Waals surface area contributed by atoms with Gasteiger partial charge < -0.3 is 25.8 Å². The lowest BCUT2D eigenvalue weighted by molar-refractivity contribution is 0.107. The number of β-amino-alcohol motifs (C(OH)–C–C–N with tert-alkyl or cyclic N) is 1. The predicted octanol–water partition coefficient (Wildman–Crippen LogP) is 2.63. The van der Waals surface area contributed by atoms with Crippen molar-refractivity contribution in [3.63, 3.8) is 0 Å². The molecule has 132 valence electrons. The maximum absolute atomic E-state index is 12.3. The van der Waals surface area contributed by atoms with Crippen molar-refractivity contribution in [3.8, 4) is 11.5 Å². The number of anilines is 1. The van der Waals surface area contributed by atoms with Gasteiger partial charge in [-0.05, 0) is 49.7 Å². The van der Waals surface area contributed by atoms with E-state index >= 15 is 0 Å². The zero-order chi connectivity index (χ0) is 17.6. The lowest BCUT2D eigenvalue weighted by Crippen LogP contribution is -2.53. The monoisotopic (exact) mass is 341 g/mol. The second-order valence-corrected chi connectivity index (χ2v) is 6.18. The molecule has 0 saturated carbocycles. The van der Waals surface area contributed by atoms with E-state index in [0.717, 1.165) is 12.1 Å². The number of amides is 2. The molecule has 6 heteroatoms. The van der Waals surface area contributed by atoms with Crippen LogP contribution in [-0.4, -0.2) is 36.4 Å². The SMILES string of the molecule is Cc1cccc(Oc2ccccc2NC(=O)N[C@@H]2CCNC[C@H]2O)c1. The van der Waals surface area contributed by atoms with Crippen LogP contribution in [0.3, 0.4) is 0 Å². The Morgan fingerprint density at radius 2 is 2.08 bits per heavy atom. The fourth-order valence-electron chi connectivity index (χ4n) is 2.80. The molecule has 4 N–H and O–H groups in total. The van der Waals surface area contributed by atoms with Crippen LogP contribution in [0.1, 0.15) is 12.0 Å². The van der Waals surface area contributed by atoms with Gasteiger partial charge in [-0.3, -0.25) is 0 Å². The minimum atomic E-state index is -0.585. The van der Waals surface area contributed by atoms with E-state index in [-0.39, 0.29) is 12.1 Å². The summed E-state index contributed by atoms with van der Waals surface area (Å²) in [4.78, 5) is 12.3. The quantitative estimate of drug-likeness (QED) is 0.689. The lowest BCUT2D eigenvalue weighted by atomic mass is 10.0. The summed E-state index contributed by atoms with van der Waals surface area (Å²) in [5, 5.41) is 18.6. The average molecular weight is 341 g/mol. The molecule has 2 atom stereocenters. The van der Waals surface area contributed by atoms with Crippen LogP contribution in [0.2, 0.25) is 0 Å². The van der Waals surface area contributed by atoms with Crippen LogP contribution >= 0.6 is 0 Å². The maximum atomic E-state index is 12.3. The van der Waals surface area contributed by atoms with E-state index in [1.54, 1.807) is 12.1 Å². The van der Waals surface area contributed by atoms with Crippen LogP contribution in [0.25, 0.3) is 0 Å². The van der Waals surface area contributed by atoms with Crippen LogP contribution in [-0.2, 0) is 0 Å². The van der Waals surface area contributed by atoms with E-state index in [4.69, 9.17) is 4.74 Å². The van der Waals surface area contributed by atoms with Crippen LogP contribution in [0.4, 0.5) is 10.5 Å². The van der Waals surface area contributed by atoms with E-state index in [1.807, 2.05) is 43.3 Å². The zero-order valence-electron chi connectivity index (χ0n) is 14.2. The van der Waals surface area contributed by atoms with Gasteiger partial charge in [-0.15, -0.1) is 0 Å². The molecule has 25 heavy (non-hydrogen) atoms. The highest BCUT2D eigenvalue weighted by atomic mass is 16.5. The molecule has 0 spiro atoms. The van der Waals surface area contributed by atoms with Gasteiger partial charge >= 0.3 is 6.03 Å². The maximum Gasteiger partial charge on any atom is 0.319 e. The number of para-hydroxylation sites is 2. The van der Waals surface area contributed by atoms with E-state index in [1.165, 1.54) is 0 Å². The molecule has 1 aliphatic heterocycles. The molecule has 6 nitrogen and oxygen atoms in total. The van der Waals surface area contributed by atoms with Gasteiger partial charge in [0.1, 0.15) is 5.75 Å². The Morgan fingerprint density at radius 3 is 2.88 bits per heavy atom. The van der Waals surface area contributed by atoms with Crippen molar-refractivity contribution in [2.45, 2.75) is 25.5 Å². The van der Waals surface area contributed by atoms with Gasteiger partial charge in [0.15, 0.2) is 5.75 Å². The first-order chi connectivity index (χ1) is 12.1. The van der Waals surface area contributed by atoms with Crippen LogP contribution in [0.5, 0.6) is 11.5 Å². The number of piperidine rings is 1. The Labute approximate surface area is 147 Å². The van der Waals surface area contributed by atoms with Crippen molar-refractivity contribution in [1.82, 2.24) is 10.6 Å². The Balaban J connectivity index is 1.67. The molecular weight excluding hydrogens is 318 g/mol. The summed E-state index contributed by atoms with van der Waals surface area (Å²) >= 11 is 0. The first-order valence-electron chi connectivity index (χ1n) is 8.41. The predicted molar refractivity (Wildman–Crippen MR) is 97.1 cm³/mol. The van der Waals surface area contributed by atoms with Crippen LogP contribution < -0.4 is 20.7 Å². The van der Waals surface area contributed by atoms with Gasteiger partial charge in [0.2, 0.25) is 0 Å². The van der Waals surface area contributed by atoms with Crippen LogP contribution in [0.15, 0.2) is 48.5 Å². The summed E-state index contributed by atoms with van der Waals surface area (Å²) in [7, 11) is 0. The lowest BCUT2D eigenvalue weighted by Gasteiger charge is -2.29. The van der Waals surface area contributed by atoms with E-state index in [0.29, 0.717) is 30.2 Å². The molecule has 1 heterocycles. The minimum Gasteiger partial charge on any atom is -0.455 e. The standard InChI is InChI=1S/C19H23N3O3/c1-13-5-4-6-14(11-13)25-18-8-3-2-7-16(18)22-19(24)21-15-9-10-20-12-17(15)23/h2-8,11,15,17,20,23H,9-10,12H2,1H3,(H2,21,22,24)/t15-,17-/m1/s1. The number of carbonyl (C=O) groups excluding carboxylic acids is 1. The van der Waals surface area contributed by atoms with E-state index < -0.39 is 6.10 Å². The van der Waals surface area contributed by atoms with Gasteiger partial charge in [-0.1, -0.05) is 24.3 Å². The van der Waals surface area contributed by atoms with Crippen molar-refractivity contribution >= 4 is 11.7 Å². The molecule has 1 saturated heterocycles. The van der Waals surface area contributed by atoms with Gasteiger partial charge in [-0.25, -0.2) is 4.79 Å². The van der Waals surface area contributed by atoms with Crippen molar-refractivity contribution in [1.29, 1.82) is 0 Å². The number of hydrogen-bond acceptors (Lipinski definition) is 4. The molecule has 2 aromatic carbocycles. The molecular formula is C19H23N3O3. The third-order valence-electron chi connectivity index (χ3n) is 4.12. The Kier molecular flexibility index (Phi) is 5.53. The fourth-order valence-corrected chi connectivity index (χ4v) is 2.80. The summed E-state index contributed by atoms with van der Waals surface area (Å²) in [6.45, 7) is 3.25. The minimum absolute atomic E-state index is 0.258. The molecule has 0 aliphatic carbocycles. The van der Waals surface area contributed by atoms with Gasteiger partial charge in [0.05, 0.1) is 17.8 Å². The Morgan fingerprint density at radius 1 is 1.24 bits per heavy atom. The highest BCUT2D eigenvalue weighted by Gasteiger charge is 2.24. The molecule has 1 aliphatic rings. The Bertz CT molecular complexity index is 735. The fraction of sp³-hybridized carbons (Fsp3) is 0.316. The van der Waals surface area contributed by atoms with Crippen molar-refractivity contribution in [2.24, 2.45) is 0 Å².